The molecular formula is C16H25NO. The van der Waals surface area contributed by atoms with E-state index < -0.39 is 0 Å². The first-order chi connectivity index (χ1) is 8.66. The smallest absolute Gasteiger partial charge is 0.123 e. The molecule has 0 radical (unpaired) electrons. The summed E-state index contributed by atoms with van der Waals surface area (Å²) in [5.74, 6) is 1.61. The van der Waals surface area contributed by atoms with Gasteiger partial charge in [-0.1, -0.05) is 31.0 Å². The van der Waals surface area contributed by atoms with Crippen LogP contribution < -0.4 is 10.5 Å². The van der Waals surface area contributed by atoms with E-state index >= 15 is 0 Å². The zero-order chi connectivity index (χ0) is 13.0. The van der Waals surface area contributed by atoms with Gasteiger partial charge in [0.05, 0.1) is 6.10 Å². The van der Waals surface area contributed by atoms with Crippen LogP contribution in [-0.4, -0.2) is 12.1 Å². The lowest BCUT2D eigenvalue weighted by molar-refractivity contribution is 0.238. The summed E-state index contributed by atoms with van der Waals surface area (Å²) >= 11 is 0. The lowest BCUT2D eigenvalue weighted by Gasteiger charge is -2.22. The van der Waals surface area contributed by atoms with Gasteiger partial charge in [0.1, 0.15) is 5.75 Å². The van der Waals surface area contributed by atoms with Gasteiger partial charge in [0.25, 0.3) is 0 Å². The van der Waals surface area contributed by atoms with Crippen molar-refractivity contribution < 1.29 is 4.74 Å². The second kappa shape index (κ2) is 6.24. The lowest BCUT2D eigenvalue weighted by Crippen LogP contribution is -2.21. The summed E-state index contributed by atoms with van der Waals surface area (Å²) in [5.41, 5.74) is 7.52. The van der Waals surface area contributed by atoms with Gasteiger partial charge in [-0.3, -0.25) is 0 Å². The Labute approximate surface area is 111 Å². The monoisotopic (exact) mass is 247 g/mol. The Morgan fingerprint density at radius 1 is 1.17 bits per heavy atom. The number of hydrogen-bond donors (Lipinski definition) is 1. The molecule has 2 N–H and O–H groups in total. The van der Waals surface area contributed by atoms with Crippen LogP contribution in [0.15, 0.2) is 24.3 Å². The van der Waals surface area contributed by atoms with Crippen molar-refractivity contribution in [2.24, 2.45) is 5.73 Å². The molecule has 0 heterocycles. The number of para-hydroxylation sites is 1. The Kier molecular flexibility index (Phi) is 4.65. The Balaban J connectivity index is 2.20. The van der Waals surface area contributed by atoms with Crippen molar-refractivity contribution in [3.63, 3.8) is 0 Å². The molecule has 0 aromatic heterocycles. The predicted octanol–water partition coefficient (Wildman–Crippen LogP) is 3.85. The molecule has 1 aliphatic rings. The van der Waals surface area contributed by atoms with Gasteiger partial charge in [0.15, 0.2) is 0 Å². The predicted molar refractivity (Wildman–Crippen MR) is 76.0 cm³/mol. The van der Waals surface area contributed by atoms with E-state index in [9.17, 15) is 0 Å². The van der Waals surface area contributed by atoms with Crippen molar-refractivity contribution in [3.05, 3.63) is 29.8 Å². The molecule has 2 unspecified atom stereocenters. The molecule has 1 saturated carbocycles. The molecule has 0 aliphatic heterocycles. The summed E-state index contributed by atoms with van der Waals surface area (Å²) < 4.78 is 5.93. The van der Waals surface area contributed by atoms with Gasteiger partial charge >= 0.3 is 0 Å². The minimum absolute atomic E-state index is 0.227. The third-order valence-electron chi connectivity index (χ3n) is 3.69. The largest absolute Gasteiger partial charge is 0.491 e. The van der Waals surface area contributed by atoms with Crippen LogP contribution in [0.1, 0.15) is 57.4 Å². The van der Waals surface area contributed by atoms with Crippen molar-refractivity contribution in [2.45, 2.75) is 64.0 Å². The van der Waals surface area contributed by atoms with E-state index in [1.807, 2.05) is 0 Å². The van der Waals surface area contributed by atoms with E-state index in [1.165, 1.54) is 31.2 Å². The minimum Gasteiger partial charge on any atom is -0.491 e. The van der Waals surface area contributed by atoms with Crippen LogP contribution in [0.5, 0.6) is 5.75 Å². The molecule has 1 aromatic rings. The highest BCUT2D eigenvalue weighted by Gasteiger charge is 2.21. The number of rotatable bonds is 3. The molecule has 0 amide bonds. The molecule has 2 nitrogen and oxygen atoms in total. The Hall–Kier alpha value is -1.02. The first-order valence-corrected chi connectivity index (χ1v) is 7.18. The number of hydrogen-bond acceptors (Lipinski definition) is 2. The highest BCUT2D eigenvalue weighted by atomic mass is 16.5. The van der Waals surface area contributed by atoms with Crippen LogP contribution in [0.3, 0.4) is 0 Å². The third-order valence-corrected chi connectivity index (χ3v) is 3.69. The fourth-order valence-corrected chi connectivity index (χ4v) is 2.86. The van der Waals surface area contributed by atoms with Crippen LogP contribution in [0, 0.1) is 0 Å². The van der Waals surface area contributed by atoms with Crippen molar-refractivity contribution in [2.75, 3.05) is 0 Å². The van der Waals surface area contributed by atoms with Gasteiger partial charge in [-0.2, -0.15) is 0 Å². The highest BCUT2D eigenvalue weighted by Crippen LogP contribution is 2.36. The quantitative estimate of drug-likeness (QED) is 0.823. The molecule has 1 aromatic carbocycles. The van der Waals surface area contributed by atoms with Gasteiger partial charge in [-0.15, -0.1) is 0 Å². The summed E-state index contributed by atoms with van der Waals surface area (Å²) in [4.78, 5) is 0. The van der Waals surface area contributed by atoms with E-state index in [1.54, 1.807) is 0 Å². The zero-order valence-electron chi connectivity index (χ0n) is 11.6. The van der Waals surface area contributed by atoms with Crippen LogP contribution in [-0.2, 0) is 0 Å². The van der Waals surface area contributed by atoms with E-state index in [0.29, 0.717) is 12.0 Å². The van der Waals surface area contributed by atoms with Gasteiger partial charge < -0.3 is 10.5 Å². The Morgan fingerprint density at radius 3 is 2.67 bits per heavy atom. The van der Waals surface area contributed by atoms with Gasteiger partial charge in [-0.05, 0) is 50.7 Å². The molecule has 1 fully saturated rings. The van der Waals surface area contributed by atoms with Gasteiger partial charge in [0, 0.05) is 6.04 Å². The molecule has 2 rings (SSSR count). The molecule has 100 valence electrons. The fourth-order valence-electron chi connectivity index (χ4n) is 2.86. The first kappa shape index (κ1) is 13.4. The number of benzene rings is 1. The second-order valence-corrected chi connectivity index (χ2v) is 5.68. The second-order valence-electron chi connectivity index (χ2n) is 5.68. The van der Waals surface area contributed by atoms with Crippen LogP contribution in [0.25, 0.3) is 0 Å². The molecule has 1 aliphatic carbocycles. The number of nitrogens with two attached hydrogens (primary N) is 1. The maximum absolute atomic E-state index is 6.17. The van der Waals surface area contributed by atoms with Gasteiger partial charge in [-0.25, -0.2) is 0 Å². The highest BCUT2D eigenvalue weighted by molar-refractivity contribution is 5.36. The van der Waals surface area contributed by atoms with Crippen molar-refractivity contribution in [1.82, 2.24) is 0 Å². The molecule has 0 spiro atoms. The standard InChI is InChI=1S/C16H25NO/c1-12(2)18-16-10-6-5-9-15(16)13-7-3-4-8-14(17)11-13/h5-6,9-10,12-14H,3-4,7-8,11,17H2,1-2H3. The first-order valence-electron chi connectivity index (χ1n) is 7.18. The lowest BCUT2D eigenvalue weighted by atomic mass is 9.90. The molecule has 2 heteroatoms. The van der Waals surface area contributed by atoms with Crippen molar-refractivity contribution in [1.29, 1.82) is 0 Å². The average molecular weight is 247 g/mol. The van der Waals surface area contributed by atoms with Crippen LogP contribution >= 0.6 is 0 Å². The van der Waals surface area contributed by atoms with E-state index in [2.05, 4.69) is 38.1 Å². The van der Waals surface area contributed by atoms with E-state index in [0.717, 1.165) is 12.2 Å². The van der Waals surface area contributed by atoms with Crippen LogP contribution in [0.4, 0.5) is 0 Å². The molecule has 18 heavy (non-hydrogen) atoms. The average Bonchev–Trinajstić information content (AvgIpc) is 2.54. The summed E-state index contributed by atoms with van der Waals surface area (Å²) in [7, 11) is 0. The summed E-state index contributed by atoms with van der Waals surface area (Å²) in [6.07, 6.45) is 6.29. The van der Waals surface area contributed by atoms with Crippen LogP contribution in [0.2, 0.25) is 0 Å². The zero-order valence-corrected chi connectivity index (χ0v) is 11.6. The Morgan fingerprint density at radius 2 is 1.89 bits per heavy atom. The van der Waals surface area contributed by atoms with E-state index in [4.69, 9.17) is 10.5 Å². The molecular weight excluding hydrogens is 222 g/mol. The molecule has 0 bridgehead atoms. The molecule has 0 saturated heterocycles. The normalized spacial score (nSPS) is 24.9. The van der Waals surface area contributed by atoms with Crippen molar-refractivity contribution in [3.8, 4) is 5.75 Å². The SMILES string of the molecule is CC(C)Oc1ccccc1C1CCCCC(N)C1. The summed E-state index contributed by atoms with van der Waals surface area (Å²) in [5, 5.41) is 0. The maximum atomic E-state index is 6.17. The van der Waals surface area contributed by atoms with Crippen molar-refractivity contribution >= 4 is 0 Å². The third kappa shape index (κ3) is 3.49. The van der Waals surface area contributed by atoms with Gasteiger partial charge in [0.2, 0.25) is 0 Å². The molecule has 2 atom stereocenters. The Bertz CT molecular complexity index is 375. The number of ether oxygens (including phenoxy) is 1. The maximum Gasteiger partial charge on any atom is 0.123 e. The fraction of sp³-hybridized carbons (Fsp3) is 0.625. The van der Waals surface area contributed by atoms with E-state index in [-0.39, 0.29) is 6.10 Å². The topological polar surface area (TPSA) is 35.2 Å². The summed E-state index contributed by atoms with van der Waals surface area (Å²) in [6, 6.07) is 8.81. The minimum atomic E-state index is 0.227. The summed E-state index contributed by atoms with van der Waals surface area (Å²) in [6.45, 7) is 4.16.